The van der Waals surface area contributed by atoms with E-state index in [0.717, 1.165) is 51.8 Å². The molecule has 0 aromatic rings. The fourth-order valence-corrected chi connectivity index (χ4v) is 3.10. The van der Waals surface area contributed by atoms with Crippen LogP contribution in [0.2, 0.25) is 0 Å². The summed E-state index contributed by atoms with van der Waals surface area (Å²) in [6.45, 7) is 2.43. The molecule has 1 unspecified atom stereocenters. The van der Waals surface area contributed by atoms with Gasteiger partial charge in [0, 0.05) is 26.1 Å². The lowest BCUT2D eigenvalue weighted by molar-refractivity contribution is -0.137. The lowest BCUT2D eigenvalue weighted by Crippen LogP contribution is -2.55. The Morgan fingerprint density at radius 3 is 2.76 bits per heavy atom. The van der Waals surface area contributed by atoms with Gasteiger partial charge in [-0.2, -0.15) is 0 Å². The smallest absolute Gasteiger partial charge is 0.242 e. The van der Waals surface area contributed by atoms with Crippen LogP contribution in [0.1, 0.15) is 38.5 Å². The summed E-state index contributed by atoms with van der Waals surface area (Å²) in [5.41, 5.74) is 5.71. The predicted molar refractivity (Wildman–Crippen MR) is 66.6 cm³/mol. The molecule has 1 atom stereocenters. The lowest BCUT2D eigenvalue weighted by atomic mass is 9.81. The molecule has 17 heavy (non-hydrogen) atoms. The van der Waals surface area contributed by atoms with Crippen LogP contribution >= 0.6 is 0 Å². The molecule has 4 nitrogen and oxygen atoms in total. The van der Waals surface area contributed by atoms with Crippen molar-refractivity contribution in [1.29, 1.82) is 0 Å². The summed E-state index contributed by atoms with van der Waals surface area (Å²) in [5.74, 6) is 0.673. The van der Waals surface area contributed by atoms with Gasteiger partial charge >= 0.3 is 0 Å². The van der Waals surface area contributed by atoms with Crippen molar-refractivity contribution in [2.75, 3.05) is 26.8 Å². The number of ether oxygens (including phenoxy) is 1. The first-order chi connectivity index (χ1) is 8.15. The Bertz CT molecular complexity index is 275. The zero-order valence-corrected chi connectivity index (χ0v) is 10.8. The van der Waals surface area contributed by atoms with Gasteiger partial charge in [-0.1, -0.05) is 19.3 Å². The molecular weight excluding hydrogens is 216 g/mol. The first-order valence-electron chi connectivity index (χ1n) is 6.73. The van der Waals surface area contributed by atoms with Gasteiger partial charge in [-0.3, -0.25) is 4.79 Å². The van der Waals surface area contributed by atoms with Gasteiger partial charge < -0.3 is 15.4 Å². The van der Waals surface area contributed by atoms with E-state index in [1.807, 2.05) is 4.90 Å². The van der Waals surface area contributed by atoms with Crippen LogP contribution in [0, 0.1) is 5.92 Å². The third-order valence-corrected chi connectivity index (χ3v) is 4.15. The Morgan fingerprint density at radius 2 is 2.12 bits per heavy atom. The molecule has 1 aliphatic heterocycles. The van der Waals surface area contributed by atoms with E-state index in [9.17, 15) is 4.79 Å². The summed E-state index contributed by atoms with van der Waals surface area (Å²) in [4.78, 5) is 14.4. The maximum absolute atomic E-state index is 12.4. The fraction of sp³-hybridized carbons (Fsp3) is 0.923. The molecule has 2 fully saturated rings. The van der Waals surface area contributed by atoms with Gasteiger partial charge in [0.25, 0.3) is 0 Å². The van der Waals surface area contributed by atoms with Crippen molar-refractivity contribution in [3.63, 3.8) is 0 Å². The van der Waals surface area contributed by atoms with E-state index in [1.165, 1.54) is 6.42 Å². The second-order valence-electron chi connectivity index (χ2n) is 5.58. The third kappa shape index (κ3) is 2.80. The number of carbonyl (C=O) groups excluding carboxylic acids is 1. The molecule has 0 bridgehead atoms. The molecule has 2 N–H and O–H groups in total. The maximum Gasteiger partial charge on any atom is 0.242 e. The molecule has 0 spiro atoms. The van der Waals surface area contributed by atoms with Gasteiger partial charge in [0.15, 0.2) is 0 Å². The topological polar surface area (TPSA) is 55.6 Å². The highest BCUT2D eigenvalue weighted by Gasteiger charge is 2.40. The highest BCUT2D eigenvalue weighted by Crippen LogP contribution is 2.29. The maximum atomic E-state index is 12.4. The Morgan fingerprint density at radius 1 is 1.41 bits per heavy atom. The van der Waals surface area contributed by atoms with Crippen LogP contribution in [-0.2, 0) is 9.53 Å². The van der Waals surface area contributed by atoms with Crippen molar-refractivity contribution < 1.29 is 9.53 Å². The van der Waals surface area contributed by atoms with E-state index in [0.29, 0.717) is 5.92 Å². The average Bonchev–Trinajstić information content (AvgIpc) is 2.78. The number of carbonyl (C=O) groups is 1. The Balaban J connectivity index is 1.91. The average molecular weight is 240 g/mol. The molecule has 0 radical (unpaired) electrons. The molecule has 1 heterocycles. The Kier molecular flexibility index (Phi) is 4.05. The molecular formula is C13H24N2O2. The van der Waals surface area contributed by atoms with E-state index >= 15 is 0 Å². The van der Waals surface area contributed by atoms with Gasteiger partial charge in [-0.15, -0.1) is 0 Å². The van der Waals surface area contributed by atoms with Gasteiger partial charge in [0.05, 0.1) is 12.1 Å². The molecule has 1 saturated carbocycles. The van der Waals surface area contributed by atoms with E-state index in [1.54, 1.807) is 7.11 Å². The van der Waals surface area contributed by atoms with E-state index in [2.05, 4.69) is 0 Å². The molecule has 0 aromatic carbocycles. The van der Waals surface area contributed by atoms with Crippen molar-refractivity contribution in [2.45, 2.75) is 44.1 Å². The zero-order valence-electron chi connectivity index (χ0n) is 10.8. The SMILES string of the molecule is COCC1CCN(C(=O)C2(N)CCCCC2)C1. The minimum absolute atomic E-state index is 0.177. The largest absolute Gasteiger partial charge is 0.384 e. The number of amides is 1. The summed E-state index contributed by atoms with van der Waals surface area (Å²) in [7, 11) is 1.72. The Hall–Kier alpha value is -0.610. The first kappa shape index (κ1) is 12.8. The van der Waals surface area contributed by atoms with Crippen molar-refractivity contribution >= 4 is 5.91 Å². The van der Waals surface area contributed by atoms with E-state index in [4.69, 9.17) is 10.5 Å². The van der Waals surface area contributed by atoms with Gasteiger partial charge in [-0.25, -0.2) is 0 Å². The van der Waals surface area contributed by atoms with Crippen molar-refractivity contribution in [3.05, 3.63) is 0 Å². The first-order valence-corrected chi connectivity index (χ1v) is 6.73. The number of nitrogens with zero attached hydrogens (tertiary/aromatic N) is 1. The minimum Gasteiger partial charge on any atom is -0.384 e. The monoisotopic (exact) mass is 240 g/mol. The third-order valence-electron chi connectivity index (χ3n) is 4.15. The molecule has 2 aliphatic rings. The van der Waals surface area contributed by atoms with Crippen molar-refractivity contribution in [3.8, 4) is 0 Å². The van der Waals surface area contributed by atoms with Crippen LogP contribution in [0.5, 0.6) is 0 Å². The predicted octanol–water partition coefficient (Wildman–Crippen LogP) is 1.14. The number of hydrogen-bond donors (Lipinski definition) is 1. The zero-order chi connectivity index (χ0) is 12.3. The van der Waals surface area contributed by atoms with E-state index < -0.39 is 5.54 Å². The minimum atomic E-state index is -0.569. The standard InChI is InChI=1S/C13H24N2O2/c1-17-10-11-5-8-15(9-11)12(16)13(14)6-3-2-4-7-13/h11H,2-10,14H2,1H3. The molecule has 1 aliphatic carbocycles. The highest BCUT2D eigenvalue weighted by molar-refractivity contribution is 5.86. The van der Waals surface area contributed by atoms with Gasteiger partial charge in [-0.05, 0) is 19.3 Å². The number of hydrogen-bond acceptors (Lipinski definition) is 3. The van der Waals surface area contributed by atoms with Crippen LogP contribution in [0.15, 0.2) is 0 Å². The normalized spacial score (nSPS) is 28.4. The number of methoxy groups -OCH3 is 1. The van der Waals surface area contributed by atoms with Gasteiger partial charge in [0.1, 0.15) is 0 Å². The van der Waals surface area contributed by atoms with Gasteiger partial charge in [0.2, 0.25) is 5.91 Å². The number of nitrogens with two attached hydrogens (primary N) is 1. The molecule has 2 rings (SSSR count). The van der Waals surface area contributed by atoms with Crippen LogP contribution < -0.4 is 5.73 Å². The van der Waals surface area contributed by atoms with Crippen molar-refractivity contribution in [1.82, 2.24) is 4.90 Å². The second kappa shape index (κ2) is 5.36. The fourth-order valence-electron chi connectivity index (χ4n) is 3.10. The van der Waals surface area contributed by atoms with Crippen LogP contribution in [0.4, 0.5) is 0 Å². The van der Waals surface area contributed by atoms with Crippen molar-refractivity contribution in [2.24, 2.45) is 11.7 Å². The molecule has 1 amide bonds. The summed E-state index contributed by atoms with van der Waals surface area (Å²) < 4.78 is 5.16. The highest BCUT2D eigenvalue weighted by atomic mass is 16.5. The van der Waals surface area contributed by atoms with Crippen LogP contribution in [-0.4, -0.2) is 43.2 Å². The summed E-state index contributed by atoms with van der Waals surface area (Å²) in [6.07, 6.45) is 6.18. The quantitative estimate of drug-likeness (QED) is 0.805. The van der Waals surface area contributed by atoms with Crippen LogP contribution in [0.3, 0.4) is 0 Å². The van der Waals surface area contributed by atoms with Crippen LogP contribution in [0.25, 0.3) is 0 Å². The molecule has 4 heteroatoms. The Labute approximate surface area is 103 Å². The number of rotatable bonds is 3. The lowest BCUT2D eigenvalue weighted by Gasteiger charge is -2.35. The van der Waals surface area contributed by atoms with E-state index in [-0.39, 0.29) is 5.91 Å². The molecule has 98 valence electrons. The summed E-state index contributed by atoms with van der Waals surface area (Å²) >= 11 is 0. The second-order valence-corrected chi connectivity index (χ2v) is 5.58. The number of likely N-dealkylation sites (tertiary alicyclic amines) is 1. The summed E-state index contributed by atoms with van der Waals surface area (Å²) in [5, 5.41) is 0. The summed E-state index contributed by atoms with van der Waals surface area (Å²) in [6, 6.07) is 0. The molecule has 0 aromatic heterocycles. The molecule has 1 saturated heterocycles.